The van der Waals surface area contributed by atoms with Gasteiger partial charge in [-0.15, -0.1) is 12.4 Å². The predicted octanol–water partition coefficient (Wildman–Crippen LogP) is 3.08. The van der Waals surface area contributed by atoms with Crippen LogP contribution < -0.4 is 14.8 Å². The van der Waals surface area contributed by atoms with Crippen molar-refractivity contribution in [3.05, 3.63) is 72.2 Å². The Balaban J connectivity index is 0.00000306. The van der Waals surface area contributed by atoms with Gasteiger partial charge in [0.05, 0.1) is 16.3 Å². The number of hydrogen-bond acceptors (Lipinski definition) is 5. The predicted molar refractivity (Wildman–Crippen MR) is 128 cm³/mol. The van der Waals surface area contributed by atoms with E-state index >= 15 is 0 Å². The molecule has 1 fully saturated rings. The van der Waals surface area contributed by atoms with Gasteiger partial charge in [0.2, 0.25) is 0 Å². The number of nitrogens with zero attached hydrogens (tertiary/aromatic N) is 1. The smallest absolute Gasteiger partial charge is 0.299 e. The molecule has 4 rings (SSSR count). The summed E-state index contributed by atoms with van der Waals surface area (Å²) in [4.78, 5) is -0.131. The minimum atomic E-state index is -4.15. The van der Waals surface area contributed by atoms with E-state index in [1.54, 1.807) is 19.2 Å². The monoisotopic (exact) mass is 514 g/mol. The first-order valence-electron chi connectivity index (χ1n) is 9.96. The van der Waals surface area contributed by atoms with E-state index in [0.717, 1.165) is 16.8 Å². The zero-order valence-corrected chi connectivity index (χ0v) is 20.1. The minimum Gasteiger partial charge on any atom is -0.316 e. The van der Waals surface area contributed by atoms with Gasteiger partial charge >= 0.3 is 0 Å². The number of anilines is 1. The fourth-order valence-electron chi connectivity index (χ4n) is 3.30. The molecule has 0 aliphatic heterocycles. The highest BCUT2D eigenvalue weighted by atomic mass is 35.5. The fourth-order valence-corrected chi connectivity index (χ4v) is 5.91. The molecule has 8 nitrogen and oxygen atoms in total. The zero-order valence-electron chi connectivity index (χ0n) is 17.7. The summed E-state index contributed by atoms with van der Waals surface area (Å²) in [6.07, 6.45) is 2.98. The van der Waals surface area contributed by atoms with Gasteiger partial charge in [0.1, 0.15) is 5.82 Å². The van der Waals surface area contributed by atoms with Crippen LogP contribution >= 0.6 is 12.4 Å². The van der Waals surface area contributed by atoms with Crippen LogP contribution in [0.15, 0.2) is 65.7 Å². The van der Waals surface area contributed by atoms with Crippen LogP contribution in [0.1, 0.15) is 18.4 Å². The van der Waals surface area contributed by atoms with Crippen LogP contribution in [-0.4, -0.2) is 33.9 Å². The first-order valence-corrected chi connectivity index (χ1v) is 12.9. The van der Waals surface area contributed by atoms with E-state index in [1.165, 1.54) is 48.7 Å². The molecular weight excluding hydrogens is 491 g/mol. The van der Waals surface area contributed by atoms with Crippen molar-refractivity contribution in [2.45, 2.75) is 30.3 Å². The van der Waals surface area contributed by atoms with Crippen molar-refractivity contribution >= 4 is 38.3 Å². The average Bonchev–Trinajstić information content (AvgIpc) is 3.43. The molecule has 0 bridgehead atoms. The second-order valence-corrected chi connectivity index (χ2v) is 10.8. The lowest BCUT2D eigenvalue weighted by Gasteiger charge is -2.13. The van der Waals surface area contributed by atoms with Crippen LogP contribution in [0.2, 0.25) is 0 Å². The molecule has 1 aliphatic carbocycles. The van der Waals surface area contributed by atoms with E-state index in [2.05, 4.69) is 14.8 Å². The van der Waals surface area contributed by atoms with Gasteiger partial charge in [-0.3, -0.25) is 4.72 Å². The largest absolute Gasteiger partial charge is 0.316 e. The van der Waals surface area contributed by atoms with Gasteiger partial charge in [0.25, 0.3) is 20.2 Å². The SMILES string of the molecule is CNCc1cc(-c2ccccc2F)n(S(=O)(=O)c2cccc(NS(=O)(=O)NC3CC3)c2)c1.Cl. The summed E-state index contributed by atoms with van der Waals surface area (Å²) in [5.74, 6) is -0.550. The second-order valence-electron chi connectivity index (χ2n) is 7.57. The molecule has 1 aromatic heterocycles. The van der Waals surface area contributed by atoms with E-state index in [4.69, 9.17) is 0 Å². The van der Waals surface area contributed by atoms with Crippen LogP contribution in [0, 0.1) is 5.82 Å². The Morgan fingerprint density at radius 3 is 2.42 bits per heavy atom. The molecule has 0 amide bonds. The Morgan fingerprint density at radius 1 is 1.03 bits per heavy atom. The highest BCUT2D eigenvalue weighted by molar-refractivity contribution is 7.91. The number of nitrogens with one attached hydrogen (secondary N) is 3. The van der Waals surface area contributed by atoms with Crippen LogP contribution in [0.3, 0.4) is 0 Å². The van der Waals surface area contributed by atoms with Gasteiger partial charge in [0.15, 0.2) is 0 Å². The summed E-state index contributed by atoms with van der Waals surface area (Å²) in [7, 11) is -6.25. The normalized spacial score (nSPS) is 14.0. The van der Waals surface area contributed by atoms with Crippen molar-refractivity contribution in [1.29, 1.82) is 0 Å². The third-order valence-electron chi connectivity index (χ3n) is 4.92. The Labute approximate surface area is 198 Å². The molecule has 12 heteroatoms. The molecule has 0 unspecified atom stereocenters. The van der Waals surface area contributed by atoms with E-state index in [0.29, 0.717) is 12.1 Å². The standard InChI is InChI=1S/C21H23FN4O4S2.ClH/c1-23-13-15-11-21(19-7-2-3-8-20(19)22)26(14-15)31(27,28)18-6-4-5-17(12-18)25-32(29,30)24-16-9-10-16;/h2-8,11-12,14,16,23-25H,9-10,13H2,1H3;1H. The number of halogens is 2. The minimum absolute atomic E-state index is 0. The maximum Gasteiger partial charge on any atom is 0.299 e. The van der Waals surface area contributed by atoms with Crippen LogP contribution in [0.4, 0.5) is 10.1 Å². The molecule has 0 spiro atoms. The summed E-state index contributed by atoms with van der Waals surface area (Å²) in [5.41, 5.74) is 1.08. The Hall–Kier alpha value is -2.44. The number of rotatable bonds is 9. The molecule has 3 N–H and O–H groups in total. The number of aromatic nitrogens is 1. The maximum atomic E-state index is 14.5. The van der Waals surface area contributed by atoms with Gasteiger partial charge in [-0.2, -0.15) is 13.1 Å². The summed E-state index contributed by atoms with van der Waals surface area (Å²) >= 11 is 0. The fraction of sp³-hybridized carbons (Fsp3) is 0.238. The van der Waals surface area contributed by atoms with Gasteiger partial charge in [0, 0.05) is 24.3 Å². The molecular formula is C21H24ClFN4O4S2. The molecule has 0 radical (unpaired) electrons. The summed E-state index contributed by atoms with van der Waals surface area (Å²) in [5, 5.41) is 2.95. The number of hydrogen-bond donors (Lipinski definition) is 3. The molecule has 1 heterocycles. The zero-order chi connectivity index (χ0) is 22.9. The highest BCUT2D eigenvalue weighted by Gasteiger charge is 2.27. The Bertz CT molecular complexity index is 1360. The summed E-state index contributed by atoms with van der Waals surface area (Å²) in [6.45, 7) is 0.386. The van der Waals surface area contributed by atoms with Crippen LogP contribution in [-0.2, 0) is 26.8 Å². The summed E-state index contributed by atoms with van der Waals surface area (Å²) in [6, 6.07) is 13.0. The van der Waals surface area contributed by atoms with Crippen LogP contribution in [0.5, 0.6) is 0 Å². The second kappa shape index (κ2) is 9.82. The van der Waals surface area contributed by atoms with E-state index in [1.807, 2.05) is 0 Å². The molecule has 178 valence electrons. The third kappa shape index (κ3) is 5.74. The molecule has 3 aromatic rings. The van der Waals surface area contributed by atoms with E-state index in [-0.39, 0.29) is 40.3 Å². The maximum absolute atomic E-state index is 14.5. The Kier molecular flexibility index (Phi) is 7.49. The Morgan fingerprint density at radius 2 is 1.76 bits per heavy atom. The molecule has 2 aromatic carbocycles. The lowest BCUT2D eigenvalue weighted by Crippen LogP contribution is -2.31. The van der Waals surface area contributed by atoms with Gasteiger partial charge in [-0.25, -0.2) is 16.8 Å². The van der Waals surface area contributed by atoms with E-state index in [9.17, 15) is 21.2 Å². The molecule has 0 atom stereocenters. The molecule has 1 saturated carbocycles. The highest BCUT2D eigenvalue weighted by Crippen LogP contribution is 2.30. The third-order valence-corrected chi connectivity index (χ3v) is 7.73. The van der Waals surface area contributed by atoms with Crippen molar-refractivity contribution in [2.75, 3.05) is 11.8 Å². The van der Waals surface area contributed by atoms with Gasteiger partial charge < -0.3 is 5.32 Å². The van der Waals surface area contributed by atoms with E-state index < -0.39 is 26.0 Å². The number of benzene rings is 2. The molecule has 0 saturated heterocycles. The van der Waals surface area contributed by atoms with Crippen LogP contribution in [0.25, 0.3) is 11.3 Å². The first-order chi connectivity index (χ1) is 15.2. The average molecular weight is 515 g/mol. The van der Waals surface area contributed by atoms with Crippen molar-refractivity contribution < 1.29 is 21.2 Å². The topological polar surface area (TPSA) is 109 Å². The van der Waals surface area contributed by atoms with Gasteiger partial charge in [-0.1, -0.05) is 18.2 Å². The van der Waals surface area contributed by atoms with Crippen molar-refractivity contribution in [2.24, 2.45) is 0 Å². The lowest BCUT2D eigenvalue weighted by atomic mass is 10.1. The van der Waals surface area contributed by atoms with Crippen molar-refractivity contribution in [1.82, 2.24) is 14.0 Å². The summed E-state index contributed by atoms with van der Waals surface area (Å²) < 4.78 is 71.7. The molecule has 1 aliphatic rings. The van der Waals surface area contributed by atoms with Crippen molar-refractivity contribution in [3.63, 3.8) is 0 Å². The van der Waals surface area contributed by atoms with Gasteiger partial charge in [-0.05, 0) is 61.9 Å². The lowest BCUT2D eigenvalue weighted by molar-refractivity contribution is 0.584. The first kappa shape index (κ1) is 25.2. The molecule has 33 heavy (non-hydrogen) atoms. The quantitative estimate of drug-likeness (QED) is 0.406. The van der Waals surface area contributed by atoms with Crippen molar-refractivity contribution in [3.8, 4) is 11.3 Å².